The maximum atomic E-state index is 5.42. The molecule has 5 heteroatoms. The lowest BCUT2D eigenvalue weighted by atomic mass is 10.2. The van der Waals surface area contributed by atoms with Crippen molar-refractivity contribution < 1.29 is 4.74 Å². The monoisotopic (exact) mass is 296 g/mol. The third kappa shape index (κ3) is 3.43. The first-order valence-electron chi connectivity index (χ1n) is 7.49. The van der Waals surface area contributed by atoms with Crippen LogP contribution in [0.4, 0.5) is 11.6 Å². The van der Waals surface area contributed by atoms with E-state index < -0.39 is 0 Å². The van der Waals surface area contributed by atoms with Gasteiger partial charge in [0, 0.05) is 31.3 Å². The van der Waals surface area contributed by atoms with Crippen LogP contribution in [0.25, 0.3) is 11.4 Å². The molecule has 1 aliphatic rings. The normalized spacial score (nSPS) is 14.6. The molecule has 1 saturated heterocycles. The molecule has 0 bridgehead atoms. The summed E-state index contributed by atoms with van der Waals surface area (Å²) in [6.07, 6.45) is 1.82. The molecule has 0 unspecified atom stereocenters. The average Bonchev–Trinajstić information content (AvgIpc) is 2.61. The Morgan fingerprint density at radius 1 is 1.18 bits per heavy atom. The first-order chi connectivity index (χ1) is 10.9. The standard InChI is InChI=1S/C17H20N4O/c1-2-8-18-15-13-16(21-9-11-22-12-10-21)20-17(19-15)14-6-4-3-5-7-14/h2-7,13H,1,8-12H2,(H,18,19,20). The molecule has 0 amide bonds. The van der Waals surface area contributed by atoms with Gasteiger partial charge < -0.3 is 15.0 Å². The molecule has 22 heavy (non-hydrogen) atoms. The van der Waals surface area contributed by atoms with Gasteiger partial charge in [0.15, 0.2) is 5.82 Å². The summed E-state index contributed by atoms with van der Waals surface area (Å²) >= 11 is 0. The molecular formula is C17H20N4O. The van der Waals surface area contributed by atoms with Crippen LogP contribution in [0, 0.1) is 0 Å². The number of ether oxygens (including phenoxy) is 1. The highest BCUT2D eigenvalue weighted by Crippen LogP contribution is 2.23. The van der Waals surface area contributed by atoms with Crippen molar-refractivity contribution in [1.82, 2.24) is 9.97 Å². The SMILES string of the molecule is C=CCNc1cc(N2CCOCC2)nc(-c2ccccc2)n1. The van der Waals surface area contributed by atoms with Gasteiger partial charge in [0.2, 0.25) is 0 Å². The van der Waals surface area contributed by atoms with Crippen molar-refractivity contribution in [2.45, 2.75) is 0 Å². The minimum absolute atomic E-state index is 0.674. The fraction of sp³-hybridized carbons (Fsp3) is 0.294. The molecule has 1 aromatic heterocycles. The Bertz CT molecular complexity index is 624. The highest BCUT2D eigenvalue weighted by molar-refractivity contribution is 5.61. The zero-order valence-corrected chi connectivity index (χ0v) is 12.5. The highest BCUT2D eigenvalue weighted by atomic mass is 16.5. The van der Waals surface area contributed by atoms with Crippen molar-refractivity contribution in [3.8, 4) is 11.4 Å². The quantitative estimate of drug-likeness (QED) is 0.859. The smallest absolute Gasteiger partial charge is 0.163 e. The molecule has 0 atom stereocenters. The average molecular weight is 296 g/mol. The number of hydrogen-bond acceptors (Lipinski definition) is 5. The maximum absolute atomic E-state index is 5.42. The van der Waals surface area contributed by atoms with E-state index in [9.17, 15) is 0 Å². The predicted molar refractivity (Wildman–Crippen MR) is 89.2 cm³/mol. The van der Waals surface area contributed by atoms with Crippen LogP contribution in [0.15, 0.2) is 49.1 Å². The van der Waals surface area contributed by atoms with E-state index in [-0.39, 0.29) is 0 Å². The Morgan fingerprint density at radius 2 is 1.95 bits per heavy atom. The Kier molecular flexibility index (Phi) is 4.65. The maximum Gasteiger partial charge on any atom is 0.163 e. The molecule has 0 saturated carbocycles. The van der Waals surface area contributed by atoms with E-state index in [4.69, 9.17) is 9.72 Å². The number of rotatable bonds is 5. The molecule has 3 rings (SSSR count). The molecule has 1 aromatic carbocycles. The van der Waals surface area contributed by atoms with Gasteiger partial charge in [-0.2, -0.15) is 0 Å². The molecule has 0 aliphatic carbocycles. The van der Waals surface area contributed by atoms with Gasteiger partial charge >= 0.3 is 0 Å². The van der Waals surface area contributed by atoms with Crippen LogP contribution in [-0.4, -0.2) is 42.8 Å². The Morgan fingerprint density at radius 3 is 2.68 bits per heavy atom. The second kappa shape index (κ2) is 7.04. The number of hydrogen-bond donors (Lipinski definition) is 1. The van der Waals surface area contributed by atoms with Gasteiger partial charge in [-0.05, 0) is 0 Å². The largest absolute Gasteiger partial charge is 0.378 e. The van der Waals surface area contributed by atoms with Gasteiger partial charge in [0.05, 0.1) is 13.2 Å². The second-order valence-electron chi connectivity index (χ2n) is 5.07. The minimum Gasteiger partial charge on any atom is -0.378 e. The minimum atomic E-state index is 0.674. The summed E-state index contributed by atoms with van der Waals surface area (Å²) in [5, 5.41) is 3.26. The van der Waals surface area contributed by atoms with Crippen LogP contribution in [0.5, 0.6) is 0 Å². The molecule has 2 aromatic rings. The van der Waals surface area contributed by atoms with Gasteiger partial charge in [-0.15, -0.1) is 6.58 Å². The van der Waals surface area contributed by atoms with Crippen LogP contribution in [0.1, 0.15) is 0 Å². The van der Waals surface area contributed by atoms with Crippen molar-refractivity contribution >= 4 is 11.6 Å². The number of nitrogens with one attached hydrogen (secondary N) is 1. The third-order valence-corrected chi connectivity index (χ3v) is 3.51. The zero-order valence-electron chi connectivity index (χ0n) is 12.5. The summed E-state index contributed by atoms with van der Waals surface area (Å²) < 4.78 is 5.42. The first kappa shape index (κ1) is 14.5. The van der Waals surface area contributed by atoms with E-state index in [0.29, 0.717) is 6.54 Å². The molecule has 0 radical (unpaired) electrons. The lowest BCUT2D eigenvalue weighted by molar-refractivity contribution is 0.122. The van der Waals surface area contributed by atoms with Gasteiger partial charge in [0.25, 0.3) is 0 Å². The molecule has 114 valence electrons. The van der Waals surface area contributed by atoms with Gasteiger partial charge in [-0.25, -0.2) is 9.97 Å². The number of benzene rings is 1. The fourth-order valence-electron chi connectivity index (χ4n) is 2.37. The predicted octanol–water partition coefficient (Wildman–Crippen LogP) is 2.58. The van der Waals surface area contributed by atoms with Crippen molar-refractivity contribution in [3.63, 3.8) is 0 Å². The highest BCUT2D eigenvalue weighted by Gasteiger charge is 2.15. The second-order valence-corrected chi connectivity index (χ2v) is 5.07. The summed E-state index contributed by atoms with van der Waals surface area (Å²) in [6, 6.07) is 12.0. The third-order valence-electron chi connectivity index (χ3n) is 3.51. The number of nitrogens with zero attached hydrogens (tertiary/aromatic N) is 3. The van der Waals surface area contributed by atoms with E-state index >= 15 is 0 Å². The molecule has 1 N–H and O–H groups in total. The lowest BCUT2D eigenvalue weighted by Gasteiger charge is -2.28. The van der Waals surface area contributed by atoms with E-state index in [1.165, 1.54) is 0 Å². The lowest BCUT2D eigenvalue weighted by Crippen LogP contribution is -2.36. The Balaban J connectivity index is 1.95. The molecule has 5 nitrogen and oxygen atoms in total. The summed E-state index contributed by atoms with van der Waals surface area (Å²) in [7, 11) is 0. The van der Waals surface area contributed by atoms with Crippen LogP contribution in [0.2, 0.25) is 0 Å². The zero-order chi connectivity index (χ0) is 15.2. The summed E-state index contributed by atoms with van der Waals surface area (Å²) in [6.45, 7) is 7.59. The van der Waals surface area contributed by atoms with Crippen LogP contribution in [0.3, 0.4) is 0 Å². The van der Waals surface area contributed by atoms with E-state index in [1.807, 2.05) is 42.5 Å². The molecule has 1 fully saturated rings. The Labute approximate surface area is 130 Å². The topological polar surface area (TPSA) is 50.3 Å². The van der Waals surface area contributed by atoms with E-state index in [0.717, 1.165) is 49.3 Å². The van der Waals surface area contributed by atoms with E-state index in [1.54, 1.807) is 0 Å². The fourth-order valence-corrected chi connectivity index (χ4v) is 2.37. The number of anilines is 2. The molecule has 1 aliphatic heterocycles. The van der Waals surface area contributed by atoms with Crippen LogP contribution >= 0.6 is 0 Å². The summed E-state index contributed by atoms with van der Waals surface area (Å²) in [4.78, 5) is 11.6. The van der Waals surface area contributed by atoms with Gasteiger partial charge in [-0.1, -0.05) is 36.4 Å². The molecule has 2 heterocycles. The summed E-state index contributed by atoms with van der Waals surface area (Å²) in [5.74, 6) is 2.48. The van der Waals surface area contributed by atoms with Crippen LogP contribution < -0.4 is 10.2 Å². The van der Waals surface area contributed by atoms with Crippen molar-refractivity contribution in [3.05, 3.63) is 49.1 Å². The van der Waals surface area contributed by atoms with Crippen LogP contribution in [-0.2, 0) is 4.74 Å². The van der Waals surface area contributed by atoms with E-state index in [2.05, 4.69) is 21.8 Å². The molecule has 0 spiro atoms. The Hall–Kier alpha value is -2.40. The number of morpholine rings is 1. The van der Waals surface area contributed by atoms with Gasteiger partial charge in [-0.3, -0.25) is 0 Å². The van der Waals surface area contributed by atoms with Crippen molar-refractivity contribution in [2.24, 2.45) is 0 Å². The first-order valence-corrected chi connectivity index (χ1v) is 7.49. The summed E-state index contributed by atoms with van der Waals surface area (Å²) in [5.41, 5.74) is 1.01. The van der Waals surface area contributed by atoms with Gasteiger partial charge in [0.1, 0.15) is 11.6 Å². The molecular weight excluding hydrogens is 276 g/mol. The van der Waals surface area contributed by atoms with Crippen molar-refractivity contribution in [2.75, 3.05) is 43.1 Å². The number of aromatic nitrogens is 2. The van der Waals surface area contributed by atoms with Crippen molar-refractivity contribution in [1.29, 1.82) is 0 Å².